The molecule has 0 saturated carbocycles. The van der Waals surface area contributed by atoms with Crippen molar-refractivity contribution in [3.63, 3.8) is 0 Å². The molecule has 0 aliphatic heterocycles. The van der Waals surface area contributed by atoms with Crippen molar-refractivity contribution in [1.29, 1.82) is 0 Å². The summed E-state index contributed by atoms with van der Waals surface area (Å²) in [7, 11) is 0. The number of ether oxygens (including phenoxy) is 1. The van der Waals surface area contributed by atoms with Crippen molar-refractivity contribution in [3.05, 3.63) is 0 Å². The van der Waals surface area contributed by atoms with Crippen LogP contribution in [0.5, 0.6) is 0 Å². The highest BCUT2D eigenvalue weighted by Crippen LogP contribution is 2.13. The predicted molar refractivity (Wildman–Crippen MR) is 49.5 cm³/mol. The summed E-state index contributed by atoms with van der Waals surface area (Å²) in [4.78, 5) is 10.0. The number of rotatable bonds is 7. The van der Waals surface area contributed by atoms with Crippen molar-refractivity contribution in [1.82, 2.24) is 0 Å². The van der Waals surface area contributed by atoms with Gasteiger partial charge in [0, 0.05) is 0 Å². The zero-order valence-corrected chi connectivity index (χ0v) is 8.30. The lowest BCUT2D eigenvalue weighted by atomic mass is 10.0. The Hall–Kier alpha value is -0.530. The first-order valence-electron chi connectivity index (χ1n) is 4.73. The molecule has 0 N–H and O–H groups in total. The van der Waals surface area contributed by atoms with Gasteiger partial charge in [-0.25, -0.2) is 4.79 Å². The second-order valence-corrected chi connectivity index (χ2v) is 3.59. The summed E-state index contributed by atoms with van der Waals surface area (Å²) >= 11 is 0. The Labute approximate surface area is 75.3 Å². The maximum atomic E-state index is 10.0. The van der Waals surface area contributed by atoms with Crippen LogP contribution in [0.15, 0.2) is 0 Å². The number of hydrogen-bond acceptors (Lipinski definition) is 2. The van der Waals surface area contributed by atoms with Crippen molar-refractivity contribution in [2.75, 3.05) is 0 Å². The molecule has 0 heterocycles. The molecule has 12 heavy (non-hydrogen) atoms. The molecule has 0 fully saturated rings. The molecule has 1 atom stereocenters. The summed E-state index contributed by atoms with van der Waals surface area (Å²) in [6.07, 6.45) is 4.29. The van der Waals surface area contributed by atoms with E-state index in [4.69, 9.17) is 4.74 Å². The molecule has 0 bridgehead atoms. The van der Waals surface area contributed by atoms with Crippen LogP contribution in [0, 0.1) is 5.92 Å². The van der Waals surface area contributed by atoms with Crippen LogP contribution in [0.1, 0.15) is 46.5 Å². The zero-order valence-electron chi connectivity index (χ0n) is 8.30. The minimum absolute atomic E-state index is 0.0856. The molecule has 0 aliphatic rings. The van der Waals surface area contributed by atoms with E-state index in [2.05, 4.69) is 20.8 Å². The van der Waals surface area contributed by atoms with Crippen LogP contribution in [0.4, 0.5) is 0 Å². The molecule has 1 unspecified atom stereocenters. The van der Waals surface area contributed by atoms with Gasteiger partial charge in [0.05, 0.1) is 0 Å². The third-order valence-corrected chi connectivity index (χ3v) is 1.83. The summed E-state index contributed by atoms with van der Waals surface area (Å²) in [6, 6.07) is 0. The highest BCUT2D eigenvalue weighted by Gasteiger charge is 2.10. The molecule has 0 aromatic rings. The van der Waals surface area contributed by atoms with E-state index < -0.39 is 0 Å². The first-order valence-corrected chi connectivity index (χ1v) is 4.73. The molecule has 1 radical (unpaired) electrons. The van der Waals surface area contributed by atoms with Crippen molar-refractivity contribution in [2.24, 2.45) is 5.92 Å². The Morgan fingerprint density at radius 2 is 2.08 bits per heavy atom. The van der Waals surface area contributed by atoms with Crippen LogP contribution in [-0.2, 0) is 9.53 Å². The highest BCUT2D eigenvalue weighted by atomic mass is 16.5. The average Bonchev–Trinajstić information content (AvgIpc) is 2.00. The van der Waals surface area contributed by atoms with E-state index in [9.17, 15) is 4.79 Å². The van der Waals surface area contributed by atoms with Gasteiger partial charge >= 0.3 is 6.47 Å². The lowest BCUT2D eigenvalue weighted by Crippen LogP contribution is -2.14. The van der Waals surface area contributed by atoms with E-state index >= 15 is 0 Å². The van der Waals surface area contributed by atoms with Gasteiger partial charge in [-0.1, -0.05) is 33.6 Å². The second-order valence-electron chi connectivity index (χ2n) is 3.59. The molecular formula is C10H19O2. The first kappa shape index (κ1) is 11.5. The van der Waals surface area contributed by atoms with Gasteiger partial charge in [-0.15, -0.1) is 0 Å². The number of hydrogen-bond donors (Lipinski definition) is 0. The van der Waals surface area contributed by atoms with Crippen LogP contribution in [0.2, 0.25) is 0 Å². The van der Waals surface area contributed by atoms with Gasteiger partial charge < -0.3 is 4.74 Å². The minimum Gasteiger partial charge on any atom is -0.454 e. The Balaban J connectivity index is 3.61. The van der Waals surface area contributed by atoms with Gasteiger partial charge in [-0.2, -0.15) is 0 Å². The number of carbonyl (C=O) groups excluding carboxylic acids is 1. The molecule has 0 spiro atoms. The fourth-order valence-electron chi connectivity index (χ4n) is 1.25. The highest BCUT2D eigenvalue weighted by molar-refractivity contribution is 5.38. The van der Waals surface area contributed by atoms with Crippen LogP contribution in [-0.4, -0.2) is 12.6 Å². The third kappa shape index (κ3) is 6.20. The summed E-state index contributed by atoms with van der Waals surface area (Å²) in [5, 5.41) is 0. The van der Waals surface area contributed by atoms with Gasteiger partial charge in [0.15, 0.2) is 0 Å². The van der Waals surface area contributed by atoms with E-state index in [1.807, 2.05) is 0 Å². The first-order chi connectivity index (χ1) is 5.70. The topological polar surface area (TPSA) is 26.3 Å². The lowest BCUT2D eigenvalue weighted by molar-refractivity contribution is 0.141. The largest absolute Gasteiger partial charge is 0.454 e. The van der Waals surface area contributed by atoms with Gasteiger partial charge in [0.1, 0.15) is 6.10 Å². The smallest absolute Gasteiger partial charge is 0.417 e. The molecule has 2 nitrogen and oxygen atoms in total. The average molecular weight is 171 g/mol. The van der Waals surface area contributed by atoms with Crippen LogP contribution in [0.3, 0.4) is 0 Å². The van der Waals surface area contributed by atoms with E-state index in [1.165, 1.54) is 6.47 Å². The molecule has 0 saturated heterocycles. The Morgan fingerprint density at radius 3 is 2.50 bits per heavy atom. The van der Waals surface area contributed by atoms with Gasteiger partial charge in [-0.05, 0) is 18.8 Å². The minimum atomic E-state index is 0.0856. The summed E-state index contributed by atoms with van der Waals surface area (Å²) in [5.74, 6) is 0.584. The summed E-state index contributed by atoms with van der Waals surface area (Å²) in [6.45, 7) is 7.93. The monoisotopic (exact) mass is 171 g/mol. The van der Waals surface area contributed by atoms with Gasteiger partial charge in [0.2, 0.25) is 0 Å². The van der Waals surface area contributed by atoms with E-state index in [0.717, 1.165) is 25.7 Å². The summed E-state index contributed by atoms with van der Waals surface area (Å²) < 4.78 is 4.85. The Morgan fingerprint density at radius 1 is 1.42 bits per heavy atom. The van der Waals surface area contributed by atoms with Crippen molar-refractivity contribution >= 4 is 6.47 Å². The Bertz CT molecular complexity index is 110. The van der Waals surface area contributed by atoms with Crippen LogP contribution >= 0.6 is 0 Å². The maximum absolute atomic E-state index is 10.0. The molecule has 0 rings (SSSR count). The summed E-state index contributed by atoms with van der Waals surface area (Å²) in [5.41, 5.74) is 0. The molecule has 2 heteroatoms. The van der Waals surface area contributed by atoms with Crippen molar-refractivity contribution in [2.45, 2.75) is 52.6 Å². The molecule has 0 aliphatic carbocycles. The van der Waals surface area contributed by atoms with Crippen LogP contribution < -0.4 is 0 Å². The van der Waals surface area contributed by atoms with Crippen LogP contribution in [0.25, 0.3) is 0 Å². The zero-order chi connectivity index (χ0) is 9.40. The third-order valence-electron chi connectivity index (χ3n) is 1.83. The maximum Gasteiger partial charge on any atom is 0.417 e. The Kier molecular flexibility index (Phi) is 6.82. The predicted octanol–water partition coefficient (Wildman–Crippen LogP) is 2.68. The van der Waals surface area contributed by atoms with E-state index in [-0.39, 0.29) is 6.10 Å². The van der Waals surface area contributed by atoms with E-state index in [1.54, 1.807) is 0 Å². The SMILES string of the molecule is CCCCC(CC(C)C)O[C]=O. The standard InChI is InChI=1S/C10H19O2/c1-4-5-6-10(12-8-11)7-9(2)3/h9-10H,4-7H2,1-3H3. The molecule has 71 valence electrons. The second kappa shape index (κ2) is 7.14. The fraction of sp³-hybridized carbons (Fsp3) is 0.900. The van der Waals surface area contributed by atoms with Crippen molar-refractivity contribution < 1.29 is 9.53 Å². The van der Waals surface area contributed by atoms with Gasteiger partial charge in [-0.3, -0.25) is 0 Å². The van der Waals surface area contributed by atoms with Gasteiger partial charge in [0.25, 0.3) is 0 Å². The van der Waals surface area contributed by atoms with Crippen molar-refractivity contribution in [3.8, 4) is 0 Å². The fourth-order valence-corrected chi connectivity index (χ4v) is 1.25. The van der Waals surface area contributed by atoms with E-state index in [0.29, 0.717) is 5.92 Å². The normalized spacial score (nSPS) is 13.0. The molecule has 0 aromatic carbocycles. The quantitative estimate of drug-likeness (QED) is 0.588. The number of unbranched alkanes of at least 4 members (excludes halogenated alkanes) is 1. The lowest BCUT2D eigenvalue weighted by Gasteiger charge is -2.15. The molecular weight excluding hydrogens is 152 g/mol. The molecule has 0 amide bonds. The molecule has 0 aromatic heterocycles.